The zero-order chi connectivity index (χ0) is 23.3. The molecule has 170 valence electrons. The Morgan fingerprint density at radius 2 is 1.82 bits per heavy atom. The first-order valence-electron chi connectivity index (χ1n) is 10.6. The minimum atomic E-state index is -0.0799. The molecule has 0 bridgehead atoms. The Morgan fingerprint density at radius 3 is 2.56 bits per heavy atom. The highest BCUT2D eigenvalue weighted by Crippen LogP contribution is 2.31. The van der Waals surface area contributed by atoms with Crippen LogP contribution in [-0.4, -0.2) is 25.7 Å². The lowest BCUT2D eigenvalue weighted by atomic mass is 10.2. The number of carbonyl (C=O) groups excluding carboxylic acids is 1. The van der Waals surface area contributed by atoms with E-state index in [0.29, 0.717) is 5.75 Å². The number of thiazole rings is 1. The van der Waals surface area contributed by atoms with Gasteiger partial charge in [0, 0.05) is 22.5 Å². The first-order valence-corrected chi connectivity index (χ1v) is 12.5. The SMILES string of the molecule is Cc1occc1-c1nnc(SCc2csc(CC(=O)Nc3ccccc3)n2)n1-c1ccccc1. The smallest absolute Gasteiger partial charge is 0.231 e. The number of anilines is 1. The van der Waals surface area contributed by atoms with E-state index in [-0.39, 0.29) is 12.3 Å². The minimum absolute atomic E-state index is 0.0799. The molecule has 5 aromatic rings. The first-order chi connectivity index (χ1) is 16.7. The van der Waals surface area contributed by atoms with E-state index in [4.69, 9.17) is 4.42 Å². The summed E-state index contributed by atoms with van der Waals surface area (Å²) in [5.74, 6) is 2.06. The molecule has 0 atom stereocenters. The fraction of sp³-hybridized carbons (Fsp3) is 0.120. The van der Waals surface area contributed by atoms with Gasteiger partial charge >= 0.3 is 0 Å². The van der Waals surface area contributed by atoms with Gasteiger partial charge in [0.15, 0.2) is 11.0 Å². The maximum Gasteiger partial charge on any atom is 0.231 e. The number of amides is 1. The zero-order valence-corrected chi connectivity index (χ0v) is 20.0. The summed E-state index contributed by atoms with van der Waals surface area (Å²) in [6.07, 6.45) is 1.90. The van der Waals surface area contributed by atoms with Crippen LogP contribution in [0.4, 0.5) is 5.69 Å². The van der Waals surface area contributed by atoms with Gasteiger partial charge in [-0.25, -0.2) is 4.98 Å². The summed E-state index contributed by atoms with van der Waals surface area (Å²) in [7, 11) is 0. The van der Waals surface area contributed by atoms with Crippen molar-refractivity contribution in [1.29, 1.82) is 0 Å². The molecule has 0 spiro atoms. The Labute approximate surface area is 204 Å². The van der Waals surface area contributed by atoms with Gasteiger partial charge in [-0.1, -0.05) is 48.2 Å². The third kappa shape index (κ3) is 4.95. The summed E-state index contributed by atoms with van der Waals surface area (Å²) >= 11 is 3.04. The number of furan rings is 1. The molecule has 1 amide bonds. The highest BCUT2D eigenvalue weighted by molar-refractivity contribution is 7.98. The van der Waals surface area contributed by atoms with Crippen molar-refractivity contribution in [2.45, 2.75) is 24.3 Å². The average molecular weight is 488 g/mol. The van der Waals surface area contributed by atoms with Crippen LogP contribution in [0.5, 0.6) is 0 Å². The number of thioether (sulfide) groups is 1. The Morgan fingerprint density at radius 1 is 1.06 bits per heavy atom. The number of benzene rings is 2. The van der Waals surface area contributed by atoms with Crippen molar-refractivity contribution in [2.75, 3.05) is 5.32 Å². The summed E-state index contributed by atoms with van der Waals surface area (Å²) in [6.45, 7) is 1.91. The molecule has 34 heavy (non-hydrogen) atoms. The van der Waals surface area contributed by atoms with Crippen LogP contribution in [0.1, 0.15) is 16.5 Å². The van der Waals surface area contributed by atoms with Crippen LogP contribution >= 0.6 is 23.1 Å². The van der Waals surface area contributed by atoms with Crippen molar-refractivity contribution in [3.63, 3.8) is 0 Å². The van der Waals surface area contributed by atoms with Crippen molar-refractivity contribution in [2.24, 2.45) is 0 Å². The molecule has 7 nitrogen and oxygen atoms in total. The molecular formula is C25H21N5O2S2. The Hall–Kier alpha value is -3.69. The molecule has 0 saturated heterocycles. The number of nitrogens with one attached hydrogen (secondary N) is 1. The van der Waals surface area contributed by atoms with Gasteiger partial charge in [0.2, 0.25) is 5.91 Å². The molecule has 5 rings (SSSR count). The molecule has 0 saturated carbocycles. The molecule has 3 heterocycles. The van der Waals surface area contributed by atoms with Crippen molar-refractivity contribution >= 4 is 34.7 Å². The number of para-hydroxylation sites is 2. The second-order valence-electron chi connectivity index (χ2n) is 7.48. The summed E-state index contributed by atoms with van der Waals surface area (Å²) in [4.78, 5) is 17.0. The standard InChI is InChI=1S/C25H21N5O2S2/c1-17-21(12-13-32-17)24-28-29-25(30(24)20-10-6-3-7-11-20)34-16-19-15-33-23(27-19)14-22(31)26-18-8-4-2-5-9-18/h2-13,15H,14,16H2,1H3,(H,26,31). The van der Waals surface area contributed by atoms with E-state index in [9.17, 15) is 4.79 Å². The number of hydrogen-bond acceptors (Lipinski definition) is 7. The lowest BCUT2D eigenvalue weighted by Crippen LogP contribution is -2.14. The largest absolute Gasteiger partial charge is 0.469 e. The van der Waals surface area contributed by atoms with Crippen molar-refractivity contribution in [3.8, 4) is 17.1 Å². The van der Waals surface area contributed by atoms with E-state index in [0.717, 1.165) is 44.4 Å². The maximum atomic E-state index is 12.3. The fourth-order valence-corrected chi connectivity index (χ4v) is 5.21. The zero-order valence-electron chi connectivity index (χ0n) is 18.3. The van der Waals surface area contributed by atoms with Crippen LogP contribution in [0.25, 0.3) is 17.1 Å². The van der Waals surface area contributed by atoms with Gasteiger partial charge in [-0.05, 0) is 37.3 Å². The second kappa shape index (κ2) is 10.1. The molecule has 0 radical (unpaired) electrons. The van der Waals surface area contributed by atoms with Crippen LogP contribution in [-0.2, 0) is 17.0 Å². The third-order valence-electron chi connectivity index (χ3n) is 5.07. The number of nitrogens with zero attached hydrogens (tertiary/aromatic N) is 4. The molecule has 2 aromatic carbocycles. The molecule has 3 aromatic heterocycles. The van der Waals surface area contributed by atoms with E-state index in [1.165, 1.54) is 11.3 Å². The molecule has 0 fully saturated rings. The number of aryl methyl sites for hydroxylation is 1. The first kappa shape index (κ1) is 22.1. The van der Waals surface area contributed by atoms with Crippen LogP contribution in [0.3, 0.4) is 0 Å². The number of rotatable bonds is 8. The van der Waals surface area contributed by atoms with Gasteiger partial charge in [-0.3, -0.25) is 9.36 Å². The third-order valence-corrected chi connectivity index (χ3v) is 6.93. The van der Waals surface area contributed by atoms with Crippen molar-refractivity contribution in [1.82, 2.24) is 19.7 Å². The van der Waals surface area contributed by atoms with Crippen molar-refractivity contribution in [3.05, 3.63) is 94.8 Å². The average Bonchev–Trinajstić information content (AvgIpc) is 3.58. The predicted octanol–water partition coefficient (Wildman–Crippen LogP) is 5.77. The summed E-state index contributed by atoms with van der Waals surface area (Å²) in [5.41, 5.74) is 3.57. The lowest BCUT2D eigenvalue weighted by molar-refractivity contribution is -0.115. The maximum absolute atomic E-state index is 12.3. The number of hydrogen-bond donors (Lipinski definition) is 1. The van der Waals surface area contributed by atoms with Crippen molar-refractivity contribution < 1.29 is 9.21 Å². The highest BCUT2D eigenvalue weighted by atomic mass is 32.2. The summed E-state index contributed by atoms with van der Waals surface area (Å²) in [5, 5.41) is 15.3. The number of carbonyl (C=O) groups is 1. The molecule has 0 aliphatic carbocycles. The second-order valence-corrected chi connectivity index (χ2v) is 9.36. The van der Waals surface area contributed by atoms with Gasteiger partial charge < -0.3 is 9.73 Å². The Bertz CT molecular complexity index is 1390. The van der Waals surface area contributed by atoms with Gasteiger partial charge in [0.1, 0.15) is 10.8 Å². The molecule has 1 N–H and O–H groups in total. The molecule has 9 heteroatoms. The van der Waals surface area contributed by atoms with Gasteiger partial charge in [0.05, 0.1) is 23.9 Å². The summed E-state index contributed by atoms with van der Waals surface area (Å²) in [6, 6.07) is 21.3. The normalized spacial score (nSPS) is 11.0. The summed E-state index contributed by atoms with van der Waals surface area (Å²) < 4.78 is 7.52. The van der Waals surface area contributed by atoms with E-state index in [1.54, 1.807) is 18.0 Å². The van der Waals surface area contributed by atoms with Crippen LogP contribution < -0.4 is 5.32 Å². The lowest BCUT2D eigenvalue weighted by Gasteiger charge is -2.09. The van der Waals surface area contributed by atoms with Gasteiger partial charge in [-0.2, -0.15) is 0 Å². The van der Waals surface area contributed by atoms with Crippen LogP contribution in [0, 0.1) is 6.92 Å². The quantitative estimate of drug-likeness (QED) is 0.280. The Kier molecular flexibility index (Phi) is 6.55. The van der Waals surface area contributed by atoms with E-state index in [2.05, 4.69) is 20.5 Å². The molecule has 0 aliphatic rings. The van der Waals surface area contributed by atoms with Crippen LogP contribution in [0.2, 0.25) is 0 Å². The van der Waals surface area contributed by atoms with E-state index < -0.39 is 0 Å². The molecular weight excluding hydrogens is 466 g/mol. The monoisotopic (exact) mass is 487 g/mol. The van der Waals surface area contributed by atoms with E-state index >= 15 is 0 Å². The van der Waals surface area contributed by atoms with Crippen LogP contribution in [0.15, 0.2) is 87.9 Å². The van der Waals surface area contributed by atoms with Gasteiger partial charge in [-0.15, -0.1) is 21.5 Å². The highest BCUT2D eigenvalue weighted by Gasteiger charge is 2.19. The Balaban J connectivity index is 1.30. The molecule has 0 aliphatic heterocycles. The fourth-order valence-electron chi connectivity index (χ4n) is 3.46. The van der Waals surface area contributed by atoms with E-state index in [1.807, 2.05) is 83.6 Å². The molecule has 0 unspecified atom stereocenters. The predicted molar refractivity (Wildman–Crippen MR) is 134 cm³/mol. The minimum Gasteiger partial charge on any atom is -0.469 e. The topological polar surface area (TPSA) is 85.8 Å². The van der Waals surface area contributed by atoms with Gasteiger partial charge in [0.25, 0.3) is 0 Å². The number of aromatic nitrogens is 4.